The molecular formula is C30H35FN4O6S. The van der Waals surface area contributed by atoms with Crippen LogP contribution in [0.5, 0.6) is 5.88 Å². The maximum absolute atomic E-state index is 13.8. The number of benzene rings is 2. The van der Waals surface area contributed by atoms with Gasteiger partial charge in [0.1, 0.15) is 17.5 Å². The number of pyridine rings is 1. The van der Waals surface area contributed by atoms with Crippen LogP contribution in [-0.2, 0) is 10.0 Å². The molecule has 1 aliphatic heterocycles. The van der Waals surface area contributed by atoms with Gasteiger partial charge >= 0.3 is 0 Å². The van der Waals surface area contributed by atoms with Crippen molar-refractivity contribution in [1.29, 1.82) is 0 Å². The molecule has 3 atom stereocenters. The van der Waals surface area contributed by atoms with Gasteiger partial charge in [0.15, 0.2) is 0 Å². The SMILES string of the molecule is C[C@H](CO)N1C[C@H](C)[C@@H](CN(C)S(=O)(=O)c2cccc(F)c2)Oc2ncc(-c3cccc(C(=O)N(C)C)c3)cc2C1=O. The Morgan fingerprint density at radius 2 is 1.86 bits per heavy atom. The van der Waals surface area contributed by atoms with Crippen molar-refractivity contribution in [3.63, 3.8) is 0 Å². The summed E-state index contributed by atoms with van der Waals surface area (Å²) in [5.74, 6) is -1.58. The second-order valence-electron chi connectivity index (χ2n) is 10.7. The Hall–Kier alpha value is -3.87. The summed E-state index contributed by atoms with van der Waals surface area (Å²) in [6, 6.07) is 12.8. The summed E-state index contributed by atoms with van der Waals surface area (Å²) in [6.07, 6.45) is 0.791. The number of hydrogen-bond acceptors (Lipinski definition) is 7. The molecule has 3 aromatic rings. The Labute approximate surface area is 245 Å². The Kier molecular flexibility index (Phi) is 9.29. The minimum Gasteiger partial charge on any atom is -0.472 e. The Morgan fingerprint density at radius 3 is 2.52 bits per heavy atom. The first-order valence-corrected chi connectivity index (χ1v) is 14.9. The van der Waals surface area contributed by atoms with E-state index in [1.54, 1.807) is 51.4 Å². The molecule has 0 saturated carbocycles. The first kappa shape index (κ1) is 31.1. The van der Waals surface area contributed by atoms with Gasteiger partial charge in [-0.25, -0.2) is 17.8 Å². The predicted octanol–water partition coefficient (Wildman–Crippen LogP) is 3.13. The van der Waals surface area contributed by atoms with E-state index >= 15 is 0 Å². The number of carbonyl (C=O) groups excluding carboxylic acids is 2. The summed E-state index contributed by atoms with van der Waals surface area (Å²) < 4.78 is 47.5. The van der Waals surface area contributed by atoms with E-state index in [0.717, 1.165) is 10.4 Å². The number of rotatable bonds is 8. The summed E-state index contributed by atoms with van der Waals surface area (Å²) >= 11 is 0. The molecule has 2 heterocycles. The van der Waals surface area contributed by atoms with Gasteiger partial charge in [-0.3, -0.25) is 9.59 Å². The monoisotopic (exact) mass is 598 g/mol. The predicted molar refractivity (Wildman–Crippen MR) is 155 cm³/mol. The molecule has 12 heteroatoms. The van der Waals surface area contributed by atoms with E-state index in [1.807, 2.05) is 6.92 Å². The van der Waals surface area contributed by atoms with Crippen molar-refractivity contribution >= 4 is 21.8 Å². The summed E-state index contributed by atoms with van der Waals surface area (Å²) in [5.41, 5.74) is 1.86. The number of nitrogens with zero attached hydrogens (tertiary/aromatic N) is 4. The lowest BCUT2D eigenvalue weighted by Gasteiger charge is -2.37. The van der Waals surface area contributed by atoms with E-state index in [0.29, 0.717) is 16.7 Å². The smallest absolute Gasteiger partial charge is 0.259 e. The van der Waals surface area contributed by atoms with Gasteiger partial charge in [0, 0.05) is 50.9 Å². The van der Waals surface area contributed by atoms with Crippen LogP contribution in [0.4, 0.5) is 4.39 Å². The maximum atomic E-state index is 13.8. The second kappa shape index (κ2) is 12.6. The van der Waals surface area contributed by atoms with Crippen LogP contribution in [0.3, 0.4) is 0 Å². The molecule has 10 nitrogen and oxygen atoms in total. The molecule has 4 rings (SSSR count). The number of likely N-dealkylation sites (N-methyl/N-ethyl adjacent to an activating group) is 1. The Bertz CT molecular complexity index is 1580. The molecule has 224 valence electrons. The van der Waals surface area contributed by atoms with Gasteiger partial charge < -0.3 is 19.6 Å². The number of halogens is 1. The van der Waals surface area contributed by atoms with Crippen LogP contribution in [0.1, 0.15) is 34.6 Å². The highest BCUT2D eigenvalue weighted by Crippen LogP contribution is 2.31. The zero-order valence-corrected chi connectivity index (χ0v) is 25.0. The molecule has 0 fully saturated rings. The van der Waals surface area contributed by atoms with Gasteiger partial charge in [0.05, 0.1) is 24.1 Å². The highest BCUT2D eigenvalue weighted by molar-refractivity contribution is 7.89. The van der Waals surface area contributed by atoms with E-state index < -0.39 is 33.9 Å². The summed E-state index contributed by atoms with van der Waals surface area (Å²) in [6.45, 7) is 3.33. The number of aromatic nitrogens is 1. The largest absolute Gasteiger partial charge is 0.472 e. The number of carbonyl (C=O) groups is 2. The number of aliphatic hydroxyl groups excluding tert-OH is 1. The molecule has 2 aromatic carbocycles. The zero-order chi connectivity index (χ0) is 30.8. The van der Waals surface area contributed by atoms with Crippen LogP contribution in [0.2, 0.25) is 0 Å². The van der Waals surface area contributed by atoms with Gasteiger partial charge in [-0.2, -0.15) is 4.31 Å². The molecule has 0 radical (unpaired) electrons. The lowest BCUT2D eigenvalue weighted by Crippen LogP contribution is -2.50. The second-order valence-corrected chi connectivity index (χ2v) is 12.8. The van der Waals surface area contributed by atoms with E-state index in [9.17, 15) is 27.5 Å². The van der Waals surface area contributed by atoms with Crippen LogP contribution >= 0.6 is 0 Å². The van der Waals surface area contributed by atoms with Gasteiger partial charge in [-0.05, 0) is 48.9 Å². The molecule has 0 aliphatic carbocycles. The van der Waals surface area contributed by atoms with Crippen LogP contribution < -0.4 is 4.74 Å². The third kappa shape index (κ3) is 6.45. The van der Waals surface area contributed by atoms with Crippen molar-refractivity contribution in [1.82, 2.24) is 19.1 Å². The van der Waals surface area contributed by atoms with E-state index in [1.165, 1.54) is 41.2 Å². The van der Waals surface area contributed by atoms with Gasteiger partial charge in [-0.15, -0.1) is 0 Å². The zero-order valence-electron chi connectivity index (χ0n) is 24.2. The molecule has 1 aliphatic rings. The molecule has 42 heavy (non-hydrogen) atoms. The average Bonchev–Trinajstić information content (AvgIpc) is 2.97. The third-order valence-corrected chi connectivity index (χ3v) is 9.13. The minimum atomic E-state index is -4.05. The van der Waals surface area contributed by atoms with Crippen LogP contribution in [0.25, 0.3) is 11.1 Å². The fraction of sp³-hybridized carbons (Fsp3) is 0.367. The number of aliphatic hydroxyl groups is 1. The average molecular weight is 599 g/mol. The minimum absolute atomic E-state index is 0.0208. The van der Waals surface area contributed by atoms with Gasteiger partial charge in [0.2, 0.25) is 15.9 Å². The highest BCUT2D eigenvalue weighted by atomic mass is 32.2. The number of amides is 2. The molecule has 1 N–H and O–H groups in total. The van der Waals surface area contributed by atoms with Crippen LogP contribution in [-0.4, -0.2) is 97.4 Å². The summed E-state index contributed by atoms with van der Waals surface area (Å²) in [7, 11) is 0.656. The molecule has 0 bridgehead atoms. The molecule has 1 aromatic heterocycles. The fourth-order valence-electron chi connectivity index (χ4n) is 4.73. The van der Waals surface area contributed by atoms with Gasteiger partial charge in [0.25, 0.3) is 11.8 Å². The quantitative estimate of drug-likeness (QED) is 0.423. The van der Waals surface area contributed by atoms with Crippen molar-refractivity contribution in [2.24, 2.45) is 5.92 Å². The molecular weight excluding hydrogens is 563 g/mol. The van der Waals surface area contributed by atoms with Crippen molar-refractivity contribution in [2.75, 3.05) is 40.8 Å². The Morgan fingerprint density at radius 1 is 1.14 bits per heavy atom. The lowest BCUT2D eigenvalue weighted by molar-refractivity contribution is 0.0373. The highest BCUT2D eigenvalue weighted by Gasteiger charge is 2.36. The normalized spacial score (nSPS) is 18.1. The van der Waals surface area contributed by atoms with E-state index in [2.05, 4.69) is 4.98 Å². The fourth-order valence-corrected chi connectivity index (χ4v) is 5.94. The molecule has 2 amide bonds. The third-order valence-electron chi connectivity index (χ3n) is 7.31. The first-order valence-electron chi connectivity index (χ1n) is 13.5. The van der Waals surface area contributed by atoms with Crippen molar-refractivity contribution in [3.8, 4) is 17.0 Å². The van der Waals surface area contributed by atoms with Crippen molar-refractivity contribution in [3.05, 3.63) is 77.7 Å². The van der Waals surface area contributed by atoms with Crippen molar-refractivity contribution in [2.45, 2.75) is 30.9 Å². The van der Waals surface area contributed by atoms with Crippen LogP contribution in [0, 0.1) is 11.7 Å². The number of fused-ring (bicyclic) bond motifs is 1. The number of sulfonamides is 1. The van der Waals surface area contributed by atoms with E-state index in [4.69, 9.17) is 4.74 Å². The maximum Gasteiger partial charge on any atom is 0.259 e. The first-order chi connectivity index (χ1) is 19.8. The Balaban J connectivity index is 1.72. The lowest BCUT2D eigenvalue weighted by atomic mass is 9.99. The van der Waals surface area contributed by atoms with Crippen molar-refractivity contribution < 1.29 is 32.2 Å². The van der Waals surface area contributed by atoms with Gasteiger partial charge in [-0.1, -0.05) is 25.1 Å². The standard InChI is InChI=1S/C30H35FN4O6S/c1-19-16-35(20(2)18-36)30(38)26-13-23(21-8-6-9-22(12-21)29(37)33(3)4)15-32-28(26)41-27(19)17-34(5)42(39,40)25-11-7-10-24(31)14-25/h6-15,19-20,27,36H,16-18H2,1-5H3/t19-,20+,27+/m0/s1. The number of ether oxygens (including phenoxy) is 1. The number of hydrogen-bond donors (Lipinski definition) is 1. The molecule has 0 unspecified atom stereocenters. The van der Waals surface area contributed by atoms with E-state index in [-0.39, 0.29) is 47.9 Å². The summed E-state index contributed by atoms with van der Waals surface area (Å²) in [5, 5.41) is 9.93. The van der Waals surface area contributed by atoms with Crippen LogP contribution in [0.15, 0.2) is 65.7 Å². The topological polar surface area (TPSA) is 120 Å². The molecule has 0 saturated heterocycles. The molecule has 0 spiro atoms. The summed E-state index contributed by atoms with van der Waals surface area (Å²) in [4.78, 5) is 33.6.